The van der Waals surface area contributed by atoms with Crippen LogP contribution in [-0.2, 0) is 23.1 Å². The molecule has 0 amide bonds. The maximum absolute atomic E-state index is 13.4. The average Bonchev–Trinajstić information content (AvgIpc) is 2.46. The SMILES string of the molecule is NCc1ccc(S(=O)(=O)NCc2ccc(F)cc2F)cc1. The van der Waals surface area contributed by atoms with Crippen LogP contribution in [0.25, 0.3) is 0 Å². The maximum Gasteiger partial charge on any atom is 0.240 e. The van der Waals surface area contributed by atoms with E-state index in [-0.39, 0.29) is 17.0 Å². The molecule has 2 aromatic carbocycles. The standard InChI is InChI=1S/C14H14F2N2O2S/c15-12-4-3-11(14(16)7-12)9-18-21(19,20)13-5-1-10(8-17)2-6-13/h1-7,18H,8-9,17H2. The van der Waals surface area contributed by atoms with E-state index in [4.69, 9.17) is 5.73 Å². The predicted molar refractivity (Wildman–Crippen MR) is 74.7 cm³/mol. The van der Waals surface area contributed by atoms with Crippen LogP contribution in [-0.4, -0.2) is 8.42 Å². The molecule has 0 fully saturated rings. The van der Waals surface area contributed by atoms with E-state index in [1.54, 1.807) is 12.1 Å². The molecule has 2 aromatic rings. The van der Waals surface area contributed by atoms with Gasteiger partial charge in [0, 0.05) is 24.7 Å². The van der Waals surface area contributed by atoms with Gasteiger partial charge >= 0.3 is 0 Å². The fourth-order valence-electron chi connectivity index (χ4n) is 1.73. The zero-order valence-electron chi connectivity index (χ0n) is 11.0. The van der Waals surface area contributed by atoms with Crippen LogP contribution in [0.1, 0.15) is 11.1 Å². The van der Waals surface area contributed by atoms with Gasteiger partial charge in [0.15, 0.2) is 0 Å². The van der Waals surface area contributed by atoms with Crippen LogP contribution < -0.4 is 10.5 Å². The van der Waals surface area contributed by atoms with Gasteiger partial charge in [-0.2, -0.15) is 0 Å². The first-order chi connectivity index (χ1) is 9.92. The van der Waals surface area contributed by atoms with Crippen LogP contribution in [0.2, 0.25) is 0 Å². The van der Waals surface area contributed by atoms with Crippen molar-refractivity contribution in [3.63, 3.8) is 0 Å². The Morgan fingerprint density at radius 3 is 2.29 bits per heavy atom. The van der Waals surface area contributed by atoms with Gasteiger partial charge in [0.2, 0.25) is 10.0 Å². The highest BCUT2D eigenvalue weighted by atomic mass is 32.2. The smallest absolute Gasteiger partial charge is 0.240 e. The van der Waals surface area contributed by atoms with Crippen LogP contribution in [0.3, 0.4) is 0 Å². The van der Waals surface area contributed by atoms with E-state index in [1.165, 1.54) is 18.2 Å². The van der Waals surface area contributed by atoms with E-state index in [1.807, 2.05) is 0 Å². The second kappa shape index (κ2) is 6.30. The molecule has 3 N–H and O–H groups in total. The number of rotatable bonds is 5. The molecule has 21 heavy (non-hydrogen) atoms. The second-order valence-electron chi connectivity index (χ2n) is 4.41. The first-order valence-electron chi connectivity index (χ1n) is 6.15. The van der Waals surface area contributed by atoms with Gasteiger partial charge < -0.3 is 5.73 Å². The van der Waals surface area contributed by atoms with Crippen LogP contribution in [0.4, 0.5) is 8.78 Å². The monoisotopic (exact) mass is 312 g/mol. The van der Waals surface area contributed by atoms with Gasteiger partial charge in [0.05, 0.1) is 4.90 Å². The molecule has 0 aliphatic rings. The number of benzene rings is 2. The summed E-state index contributed by atoms with van der Waals surface area (Å²) in [5.74, 6) is -1.51. The lowest BCUT2D eigenvalue weighted by Gasteiger charge is -2.08. The summed E-state index contributed by atoms with van der Waals surface area (Å²) >= 11 is 0. The van der Waals surface area contributed by atoms with Crippen molar-refractivity contribution in [1.82, 2.24) is 4.72 Å². The Kier molecular flexibility index (Phi) is 4.66. The minimum Gasteiger partial charge on any atom is -0.326 e. The number of nitrogens with two attached hydrogens (primary N) is 1. The van der Waals surface area contributed by atoms with E-state index in [2.05, 4.69) is 4.72 Å². The highest BCUT2D eigenvalue weighted by Gasteiger charge is 2.14. The Balaban J connectivity index is 2.13. The third kappa shape index (κ3) is 3.84. The molecule has 4 nitrogen and oxygen atoms in total. The Morgan fingerprint density at radius 1 is 1.05 bits per heavy atom. The minimum atomic E-state index is -3.76. The van der Waals surface area contributed by atoms with Gasteiger partial charge in [-0.3, -0.25) is 0 Å². The quantitative estimate of drug-likeness (QED) is 0.886. The van der Waals surface area contributed by atoms with Crippen LogP contribution in [0.15, 0.2) is 47.4 Å². The topological polar surface area (TPSA) is 72.2 Å². The highest BCUT2D eigenvalue weighted by Crippen LogP contribution is 2.13. The van der Waals surface area contributed by atoms with Crippen molar-refractivity contribution in [1.29, 1.82) is 0 Å². The molecule has 0 heterocycles. The van der Waals surface area contributed by atoms with Gasteiger partial charge in [-0.1, -0.05) is 18.2 Å². The molecule has 0 unspecified atom stereocenters. The Morgan fingerprint density at radius 2 is 1.71 bits per heavy atom. The Hall–Kier alpha value is -1.83. The maximum atomic E-state index is 13.4. The van der Waals surface area contributed by atoms with E-state index in [0.29, 0.717) is 12.6 Å². The molecule has 0 saturated heterocycles. The van der Waals surface area contributed by atoms with Crippen molar-refractivity contribution in [2.45, 2.75) is 18.0 Å². The molecule has 7 heteroatoms. The van der Waals surface area contributed by atoms with Crippen molar-refractivity contribution in [2.75, 3.05) is 0 Å². The van der Waals surface area contributed by atoms with Gasteiger partial charge in [-0.15, -0.1) is 0 Å². The molecule has 112 valence electrons. The largest absolute Gasteiger partial charge is 0.326 e. The third-order valence-electron chi connectivity index (χ3n) is 2.94. The van der Waals surface area contributed by atoms with Crippen LogP contribution in [0, 0.1) is 11.6 Å². The molecular formula is C14H14F2N2O2S. The summed E-state index contributed by atoms with van der Waals surface area (Å²) in [5, 5.41) is 0. The first-order valence-corrected chi connectivity index (χ1v) is 7.63. The van der Waals surface area contributed by atoms with Gasteiger partial charge in [-0.25, -0.2) is 21.9 Å². The summed E-state index contributed by atoms with van der Waals surface area (Å²) in [5.41, 5.74) is 6.31. The number of hydrogen-bond donors (Lipinski definition) is 2. The van der Waals surface area contributed by atoms with Crippen LogP contribution >= 0.6 is 0 Å². The van der Waals surface area contributed by atoms with E-state index < -0.39 is 21.7 Å². The fourth-order valence-corrected chi connectivity index (χ4v) is 2.73. The summed E-state index contributed by atoms with van der Waals surface area (Å²) in [6, 6.07) is 9.03. The normalized spacial score (nSPS) is 11.6. The summed E-state index contributed by atoms with van der Waals surface area (Å²) in [6.45, 7) is 0.0572. The van der Waals surface area contributed by atoms with E-state index in [9.17, 15) is 17.2 Å². The zero-order valence-corrected chi connectivity index (χ0v) is 11.8. The molecule has 2 rings (SSSR count). The van der Waals surface area contributed by atoms with Gasteiger partial charge in [0.25, 0.3) is 0 Å². The molecule has 0 spiro atoms. The second-order valence-corrected chi connectivity index (χ2v) is 6.18. The molecule has 0 bridgehead atoms. The minimum absolute atomic E-state index is 0.0576. The number of halogens is 2. The van der Waals surface area contributed by atoms with E-state index in [0.717, 1.165) is 11.6 Å². The molecule has 0 radical (unpaired) electrons. The summed E-state index contributed by atoms with van der Waals surface area (Å²) in [6.07, 6.45) is 0. The lowest BCUT2D eigenvalue weighted by atomic mass is 10.2. The van der Waals surface area contributed by atoms with Gasteiger partial charge in [-0.05, 0) is 23.8 Å². The number of nitrogens with one attached hydrogen (secondary N) is 1. The molecular weight excluding hydrogens is 298 g/mol. The molecule has 0 atom stereocenters. The lowest BCUT2D eigenvalue weighted by Crippen LogP contribution is -2.23. The summed E-state index contributed by atoms with van der Waals surface area (Å²) < 4.78 is 52.6. The number of sulfonamides is 1. The average molecular weight is 312 g/mol. The Labute approximate surface area is 121 Å². The lowest BCUT2D eigenvalue weighted by molar-refractivity contribution is 0.562. The van der Waals surface area contributed by atoms with Crippen LogP contribution in [0.5, 0.6) is 0 Å². The number of hydrogen-bond acceptors (Lipinski definition) is 3. The first kappa shape index (κ1) is 15.6. The van der Waals surface area contributed by atoms with Crippen molar-refractivity contribution >= 4 is 10.0 Å². The molecule has 0 saturated carbocycles. The third-order valence-corrected chi connectivity index (χ3v) is 4.35. The van der Waals surface area contributed by atoms with Gasteiger partial charge in [0.1, 0.15) is 11.6 Å². The zero-order chi connectivity index (χ0) is 15.5. The van der Waals surface area contributed by atoms with Crippen molar-refractivity contribution in [3.05, 3.63) is 65.2 Å². The van der Waals surface area contributed by atoms with E-state index >= 15 is 0 Å². The van der Waals surface area contributed by atoms with Crippen molar-refractivity contribution in [3.8, 4) is 0 Å². The fraction of sp³-hybridized carbons (Fsp3) is 0.143. The Bertz CT molecular complexity index is 731. The molecule has 0 aliphatic heterocycles. The highest BCUT2D eigenvalue weighted by molar-refractivity contribution is 7.89. The summed E-state index contributed by atoms with van der Waals surface area (Å²) in [7, 11) is -3.76. The molecule has 0 aromatic heterocycles. The predicted octanol–water partition coefficient (Wildman–Crippen LogP) is 1.90. The van der Waals surface area contributed by atoms with Crippen molar-refractivity contribution < 1.29 is 17.2 Å². The molecule has 0 aliphatic carbocycles. The van der Waals surface area contributed by atoms with Crippen molar-refractivity contribution in [2.24, 2.45) is 5.73 Å². The summed E-state index contributed by atoms with van der Waals surface area (Å²) in [4.78, 5) is 0.0576.